The van der Waals surface area contributed by atoms with Crippen molar-refractivity contribution in [2.75, 3.05) is 5.32 Å². The number of halogens is 1. The minimum atomic E-state index is -0.535. The van der Waals surface area contributed by atoms with E-state index in [9.17, 15) is 14.5 Å². The Morgan fingerprint density at radius 2 is 1.79 bits per heavy atom. The molecule has 28 heavy (non-hydrogen) atoms. The molecule has 4 rings (SSSR count). The highest BCUT2D eigenvalue weighted by Gasteiger charge is 2.24. The first-order chi connectivity index (χ1) is 13.6. The van der Waals surface area contributed by atoms with Crippen LogP contribution in [0.4, 0.5) is 21.6 Å². The number of rotatable bonds is 5. The Kier molecular flexibility index (Phi) is 4.81. The monoisotopic (exact) mass is 393 g/mol. The van der Waals surface area contributed by atoms with E-state index >= 15 is 0 Å². The molecule has 0 aliphatic rings. The quantitative estimate of drug-likeness (QED) is 0.291. The molecule has 0 radical (unpaired) electrons. The van der Waals surface area contributed by atoms with Gasteiger partial charge in [0.1, 0.15) is 12.1 Å². The van der Waals surface area contributed by atoms with Crippen LogP contribution in [0.5, 0.6) is 0 Å². The lowest BCUT2D eigenvalue weighted by molar-refractivity contribution is -0.387. The Labute approximate surface area is 162 Å². The molecule has 0 atom stereocenters. The van der Waals surface area contributed by atoms with Gasteiger partial charge in [-0.25, -0.2) is 14.4 Å². The lowest BCUT2D eigenvalue weighted by Gasteiger charge is -2.09. The lowest BCUT2D eigenvalue weighted by atomic mass is 10.2. The summed E-state index contributed by atoms with van der Waals surface area (Å²) in [5.41, 5.74) is 0.951. The number of hydrogen-bond donors (Lipinski definition) is 1. The summed E-state index contributed by atoms with van der Waals surface area (Å²) in [6, 6.07) is 14.8. The largest absolute Gasteiger partial charge is 0.343 e. The Bertz CT molecular complexity index is 1170. The van der Waals surface area contributed by atoms with Crippen LogP contribution in [0.15, 0.2) is 77.0 Å². The molecular weight excluding hydrogens is 381 g/mol. The van der Waals surface area contributed by atoms with Crippen molar-refractivity contribution in [1.29, 1.82) is 0 Å². The third-order valence-electron chi connectivity index (χ3n) is 3.88. The van der Waals surface area contributed by atoms with Gasteiger partial charge in [-0.15, -0.1) is 0 Å². The maximum atomic E-state index is 13.1. The molecule has 0 saturated heterocycles. The Morgan fingerprint density at radius 3 is 2.57 bits per heavy atom. The highest BCUT2D eigenvalue weighted by Crippen LogP contribution is 2.39. The van der Waals surface area contributed by atoms with Crippen LogP contribution >= 0.6 is 11.8 Å². The molecule has 0 bridgehead atoms. The maximum absolute atomic E-state index is 13.1. The Hall–Kier alpha value is -3.59. The molecule has 7 nitrogen and oxygen atoms in total. The van der Waals surface area contributed by atoms with Crippen molar-refractivity contribution in [2.24, 2.45) is 0 Å². The number of benzene rings is 2. The second-order valence-electron chi connectivity index (χ2n) is 5.70. The highest BCUT2D eigenvalue weighted by atomic mass is 32.2. The van der Waals surface area contributed by atoms with E-state index in [0.29, 0.717) is 5.69 Å². The smallest absolute Gasteiger partial charge is 0.334 e. The molecule has 0 aliphatic heterocycles. The van der Waals surface area contributed by atoms with Gasteiger partial charge in [-0.1, -0.05) is 30.0 Å². The molecule has 0 saturated carbocycles. The Balaban J connectivity index is 1.74. The Morgan fingerprint density at radius 1 is 1.00 bits per heavy atom. The van der Waals surface area contributed by atoms with Crippen LogP contribution in [0.25, 0.3) is 10.9 Å². The molecule has 9 heteroatoms. The van der Waals surface area contributed by atoms with Crippen molar-refractivity contribution in [3.05, 3.63) is 83.1 Å². The molecule has 2 heterocycles. The fourth-order valence-electron chi connectivity index (χ4n) is 2.63. The standard InChI is InChI=1S/C19H12FN5O2S/c20-13-6-8-14(9-7-13)24-18-17(25(26)27)19(23-11-22-18)28-15-5-1-3-12-4-2-10-21-16(12)15/h1-11H,(H,22,23,24). The molecular formula is C19H12FN5O2S. The number of fused-ring (bicyclic) bond motifs is 1. The number of nitrogens with one attached hydrogen (secondary N) is 1. The summed E-state index contributed by atoms with van der Waals surface area (Å²) in [7, 11) is 0. The predicted octanol–water partition coefficient (Wildman–Crippen LogP) is 4.97. The second kappa shape index (κ2) is 7.57. The van der Waals surface area contributed by atoms with Crippen LogP contribution in [0.1, 0.15) is 0 Å². The minimum absolute atomic E-state index is 0.0299. The van der Waals surface area contributed by atoms with Gasteiger partial charge in [0.25, 0.3) is 0 Å². The average molecular weight is 393 g/mol. The normalized spacial score (nSPS) is 10.8. The number of pyridine rings is 1. The van der Waals surface area contributed by atoms with E-state index in [-0.39, 0.29) is 16.5 Å². The first-order valence-electron chi connectivity index (χ1n) is 8.15. The number of aromatic nitrogens is 3. The van der Waals surface area contributed by atoms with Gasteiger partial charge in [-0.3, -0.25) is 15.1 Å². The fraction of sp³-hybridized carbons (Fsp3) is 0. The summed E-state index contributed by atoms with van der Waals surface area (Å²) in [4.78, 5) is 24.4. The topological polar surface area (TPSA) is 93.8 Å². The van der Waals surface area contributed by atoms with Crippen LogP contribution in [0.2, 0.25) is 0 Å². The number of nitrogens with zero attached hydrogens (tertiary/aromatic N) is 4. The second-order valence-corrected chi connectivity index (χ2v) is 6.73. The molecule has 0 amide bonds. The number of nitro groups is 1. The van der Waals surface area contributed by atoms with Crippen molar-refractivity contribution in [1.82, 2.24) is 15.0 Å². The first kappa shape index (κ1) is 17.8. The van der Waals surface area contributed by atoms with Crippen LogP contribution < -0.4 is 5.32 Å². The van der Waals surface area contributed by atoms with Crippen molar-refractivity contribution in [3.8, 4) is 0 Å². The zero-order valence-electron chi connectivity index (χ0n) is 14.2. The van der Waals surface area contributed by atoms with Gasteiger partial charge in [-0.2, -0.15) is 0 Å². The summed E-state index contributed by atoms with van der Waals surface area (Å²) in [6.07, 6.45) is 2.92. The van der Waals surface area contributed by atoms with Crippen molar-refractivity contribution in [2.45, 2.75) is 9.92 Å². The van der Waals surface area contributed by atoms with E-state index in [0.717, 1.165) is 27.6 Å². The zero-order valence-corrected chi connectivity index (χ0v) is 15.1. The summed E-state index contributed by atoms with van der Waals surface area (Å²) in [6.45, 7) is 0. The van der Waals surface area contributed by atoms with Gasteiger partial charge in [0, 0.05) is 22.2 Å². The molecule has 1 N–H and O–H groups in total. The summed E-state index contributed by atoms with van der Waals surface area (Å²) in [5.74, 6) is -0.371. The highest BCUT2D eigenvalue weighted by molar-refractivity contribution is 7.99. The third kappa shape index (κ3) is 3.60. The lowest BCUT2D eigenvalue weighted by Crippen LogP contribution is -2.03. The van der Waals surface area contributed by atoms with Crippen LogP contribution in [-0.4, -0.2) is 19.9 Å². The van der Waals surface area contributed by atoms with Gasteiger partial charge in [-0.05, 0) is 36.4 Å². The average Bonchev–Trinajstić information content (AvgIpc) is 2.70. The molecule has 138 valence electrons. The van der Waals surface area contributed by atoms with Crippen molar-refractivity contribution >= 4 is 39.9 Å². The summed E-state index contributed by atoms with van der Waals surface area (Å²) in [5, 5.41) is 15.7. The summed E-state index contributed by atoms with van der Waals surface area (Å²) >= 11 is 1.14. The molecule has 0 spiro atoms. The van der Waals surface area contributed by atoms with E-state index in [1.807, 2.05) is 30.3 Å². The molecule has 2 aromatic carbocycles. The van der Waals surface area contributed by atoms with Gasteiger partial charge < -0.3 is 5.32 Å². The molecule has 0 fully saturated rings. The van der Waals surface area contributed by atoms with Gasteiger partial charge in [0.15, 0.2) is 5.03 Å². The van der Waals surface area contributed by atoms with Crippen LogP contribution in [0.3, 0.4) is 0 Å². The van der Waals surface area contributed by atoms with Crippen LogP contribution in [0, 0.1) is 15.9 Å². The zero-order chi connectivity index (χ0) is 19.5. The number of anilines is 2. The molecule has 2 aromatic heterocycles. The van der Waals surface area contributed by atoms with Gasteiger partial charge in [0.2, 0.25) is 5.82 Å². The van der Waals surface area contributed by atoms with E-state index in [4.69, 9.17) is 0 Å². The van der Waals surface area contributed by atoms with E-state index < -0.39 is 10.7 Å². The minimum Gasteiger partial charge on any atom is -0.334 e. The fourth-order valence-corrected chi connectivity index (χ4v) is 3.62. The number of hydrogen-bond acceptors (Lipinski definition) is 7. The molecule has 4 aromatic rings. The molecule has 0 aliphatic carbocycles. The van der Waals surface area contributed by atoms with Crippen LogP contribution in [-0.2, 0) is 0 Å². The first-order valence-corrected chi connectivity index (χ1v) is 8.97. The predicted molar refractivity (Wildman–Crippen MR) is 104 cm³/mol. The van der Waals surface area contributed by atoms with Crippen molar-refractivity contribution < 1.29 is 9.31 Å². The van der Waals surface area contributed by atoms with Gasteiger partial charge >= 0.3 is 5.69 Å². The van der Waals surface area contributed by atoms with E-state index in [1.165, 1.54) is 30.6 Å². The maximum Gasteiger partial charge on any atom is 0.343 e. The summed E-state index contributed by atoms with van der Waals surface area (Å²) < 4.78 is 13.1. The SMILES string of the molecule is O=[N+]([O-])c1c(Nc2ccc(F)cc2)ncnc1Sc1cccc2cccnc12. The van der Waals surface area contributed by atoms with E-state index in [1.54, 1.807) is 6.20 Å². The number of para-hydroxylation sites is 1. The van der Waals surface area contributed by atoms with Gasteiger partial charge in [0.05, 0.1) is 10.4 Å². The third-order valence-corrected chi connectivity index (χ3v) is 4.92. The van der Waals surface area contributed by atoms with E-state index in [2.05, 4.69) is 20.3 Å². The van der Waals surface area contributed by atoms with Crippen molar-refractivity contribution in [3.63, 3.8) is 0 Å². The molecule has 0 unspecified atom stereocenters.